The third-order valence-electron chi connectivity index (χ3n) is 3.67. The average Bonchev–Trinajstić information content (AvgIpc) is 2.65. The summed E-state index contributed by atoms with van der Waals surface area (Å²) in [6.45, 7) is -0.325. The minimum absolute atomic E-state index is 0.146. The molecule has 138 valence electrons. The van der Waals surface area contributed by atoms with Crippen LogP contribution in [0.5, 0.6) is 0 Å². The Morgan fingerprint density at radius 2 is 2.15 bits per heavy atom. The fourth-order valence-corrected chi connectivity index (χ4v) is 3.37. The third-order valence-corrected chi connectivity index (χ3v) is 4.83. The number of carbonyl (C=O) groups is 2. The second-order valence-electron chi connectivity index (χ2n) is 5.66. The minimum atomic E-state index is -3.47. The van der Waals surface area contributed by atoms with Crippen molar-refractivity contribution in [2.75, 3.05) is 24.2 Å². The summed E-state index contributed by atoms with van der Waals surface area (Å²) in [4.78, 5) is 25.5. The Balaban J connectivity index is 1.57. The van der Waals surface area contributed by atoms with Gasteiger partial charge in [-0.05, 0) is 30.4 Å². The van der Waals surface area contributed by atoms with Gasteiger partial charge < -0.3 is 15.0 Å². The largest absolute Gasteiger partial charge is 0.452 e. The first kappa shape index (κ1) is 18.3. The first-order valence-electron chi connectivity index (χ1n) is 7.83. The molecule has 9 nitrogen and oxygen atoms in total. The molecule has 2 aliphatic heterocycles. The van der Waals surface area contributed by atoms with Gasteiger partial charge in [0.2, 0.25) is 0 Å². The van der Waals surface area contributed by atoms with Crippen LogP contribution in [0.15, 0.2) is 52.6 Å². The monoisotopic (exact) mass is 386 g/mol. The van der Waals surface area contributed by atoms with Gasteiger partial charge in [-0.3, -0.25) is 4.79 Å². The van der Waals surface area contributed by atoms with Crippen LogP contribution in [0, 0.1) is 11.3 Å². The fourth-order valence-electron chi connectivity index (χ4n) is 2.40. The molecule has 0 radical (unpaired) electrons. The van der Waals surface area contributed by atoms with E-state index in [1.165, 1.54) is 29.3 Å². The molecule has 2 aliphatic rings. The van der Waals surface area contributed by atoms with Gasteiger partial charge in [0.25, 0.3) is 15.9 Å². The molecule has 2 heterocycles. The van der Waals surface area contributed by atoms with Crippen LogP contribution in [0.2, 0.25) is 0 Å². The summed E-state index contributed by atoms with van der Waals surface area (Å²) in [6, 6.07) is 8.28. The van der Waals surface area contributed by atoms with Gasteiger partial charge in [-0.1, -0.05) is 6.07 Å². The van der Waals surface area contributed by atoms with Crippen molar-refractivity contribution < 1.29 is 22.7 Å². The van der Waals surface area contributed by atoms with Gasteiger partial charge in [0, 0.05) is 18.4 Å². The second kappa shape index (κ2) is 7.43. The number of amidine groups is 1. The van der Waals surface area contributed by atoms with E-state index in [9.17, 15) is 18.0 Å². The van der Waals surface area contributed by atoms with E-state index in [0.717, 1.165) is 0 Å². The molecule has 1 N–H and O–H groups in total. The maximum absolute atomic E-state index is 12.1. The highest BCUT2D eigenvalue weighted by Crippen LogP contribution is 2.16. The van der Waals surface area contributed by atoms with Crippen LogP contribution in [0.1, 0.15) is 5.56 Å². The first-order valence-corrected chi connectivity index (χ1v) is 9.43. The summed E-state index contributed by atoms with van der Waals surface area (Å²) in [5.74, 6) is -1.19. The van der Waals surface area contributed by atoms with Crippen LogP contribution in [0.4, 0.5) is 5.69 Å². The van der Waals surface area contributed by atoms with E-state index in [2.05, 4.69) is 9.71 Å². The maximum Gasteiger partial charge on any atom is 0.340 e. The molecule has 0 aromatic heterocycles. The van der Waals surface area contributed by atoms with Gasteiger partial charge in [-0.2, -0.15) is 5.26 Å². The molecule has 0 atom stereocenters. The van der Waals surface area contributed by atoms with Crippen molar-refractivity contribution in [3.8, 4) is 6.07 Å². The molecule has 10 heteroatoms. The highest BCUT2D eigenvalue weighted by atomic mass is 32.2. The summed E-state index contributed by atoms with van der Waals surface area (Å²) < 4.78 is 31.5. The molecule has 3 rings (SSSR count). The van der Waals surface area contributed by atoms with E-state index in [0.29, 0.717) is 11.3 Å². The van der Waals surface area contributed by atoms with Crippen molar-refractivity contribution >= 4 is 33.4 Å². The van der Waals surface area contributed by atoms with E-state index in [4.69, 9.17) is 10.00 Å². The van der Waals surface area contributed by atoms with Gasteiger partial charge in [0.05, 0.1) is 23.0 Å². The Labute approximate surface area is 155 Å². The van der Waals surface area contributed by atoms with E-state index in [-0.39, 0.29) is 23.7 Å². The number of hydrogen-bond donors (Lipinski definition) is 1. The maximum atomic E-state index is 12.1. The lowest BCUT2D eigenvalue weighted by molar-refractivity contribution is -0.143. The Morgan fingerprint density at radius 3 is 2.93 bits per heavy atom. The first-order chi connectivity index (χ1) is 12.9. The van der Waals surface area contributed by atoms with E-state index >= 15 is 0 Å². The number of amides is 1. The molecule has 0 spiro atoms. The van der Waals surface area contributed by atoms with Crippen molar-refractivity contribution in [1.29, 1.82) is 5.26 Å². The Hall–Kier alpha value is -3.45. The van der Waals surface area contributed by atoms with Crippen molar-refractivity contribution in [3.63, 3.8) is 0 Å². The van der Waals surface area contributed by atoms with Crippen molar-refractivity contribution in [2.24, 2.45) is 4.40 Å². The standard InChI is InChI=1S/C17H14N4O5S/c18-9-12-2-1-3-14(8-12)19-16(22)11-26-17(23)13-4-5-15-20-27(24,25)7-6-21(15)10-13/h1-5,8,10H,6-7,11H2,(H,19,22). The zero-order chi connectivity index (χ0) is 19.4. The number of ether oxygens (including phenoxy) is 1. The third kappa shape index (κ3) is 4.59. The van der Waals surface area contributed by atoms with Crippen LogP contribution in [-0.2, 0) is 24.3 Å². The van der Waals surface area contributed by atoms with E-state index < -0.39 is 28.5 Å². The Bertz CT molecular complexity index is 1030. The number of anilines is 1. The van der Waals surface area contributed by atoms with Crippen LogP contribution >= 0.6 is 0 Å². The SMILES string of the molecule is N#Cc1cccc(NC(=O)COC(=O)C2=CN3CCS(=O)(=O)N=C3C=C2)c1. The lowest BCUT2D eigenvalue weighted by atomic mass is 10.2. The van der Waals surface area contributed by atoms with E-state index in [1.54, 1.807) is 18.2 Å². The molecular weight excluding hydrogens is 372 g/mol. The fraction of sp³-hybridized carbons (Fsp3) is 0.176. The summed E-state index contributed by atoms with van der Waals surface area (Å²) >= 11 is 0. The van der Waals surface area contributed by atoms with Gasteiger partial charge in [-0.15, -0.1) is 4.40 Å². The van der Waals surface area contributed by atoms with Gasteiger partial charge in [0.1, 0.15) is 5.84 Å². The highest BCUT2D eigenvalue weighted by Gasteiger charge is 2.25. The molecule has 0 saturated heterocycles. The summed E-state index contributed by atoms with van der Waals surface area (Å²) in [6.07, 6.45) is 4.22. The van der Waals surface area contributed by atoms with Crippen LogP contribution in [0.25, 0.3) is 0 Å². The molecule has 0 fully saturated rings. The van der Waals surface area contributed by atoms with Crippen molar-refractivity contribution in [1.82, 2.24) is 4.90 Å². The molecule has 0 aliphatic carbocycles. The molecule has 0 unspecified atom stereocenters. The lowest BCUT2D eigenvalue weighted by Gasteiger charge is -2.26. The predicted molar refractivity (Wildman–Crippen MR) is 95.9 cm³/mol. The number of nitrogens with one attached hydrogen (secondary N) is 1. The zero-order valence-electron chi connectivity index (χ0n) is 14.0. The topological polar surface area (TPSA) is 129 Å². The number of fused-ring (bicyclic) bond motifs is 1. The van der Waals surface area contributed by atoms with Crippen LogP contribution in [0.3, 0.4) is 0 Å². The average molecular weight is 386 g/mol. The second-order valence-corrected chi connectivity index (χ2v) is 7.42. The number of sulfonamides is 1. The number of hydrogen-bond acceptors (Lipinski definition) is 7. The number of nitrogens with zero attached hydrogens (tertiary/aromatic N) is 3. The predicted octanol–water partition coefficient (Wildman–Crippen LogP) is 0.538. The molecular formula is C17H14N4O5S. The molecule has 1 amide bonds. The summed E-state index contributed by atoms with van der Waals surface area (Å²) in [5.41, 5.74) is 0.984. The van der Waals surface area contributed by atoms with Crippen LogP contribution in [-0.4, -0.2) is 49.9 Å². The quantitative estimate of drug-likeness (QED) is 0.748. The summed E-state index contributed by atoms with van der Waals surface area (Å²) in [5, 5.41) is 11.4. The molecule has 1 aromatic rings. The molecule has 0 bridgehead atoms. The Morgan fingerprint density at radius 1 is 1.33 bits per heavy atom. The Kier molecular flexibility index (Phi) is 5.05. The number of carbonyl (C=O) groups excluding carboxylic acids is 2. The minimum Gasteiger partial charge on any atom is -0.452 e. The van der Waals surface area contributed by atoms with Crippen molar-refractivity contribution in [2.45, 2.75) is 0 Å². The number of nitriles is 1. The molecule has 0 saturated carbocycles. The summed E-state index contributed by atoms with van der Waals surface area (Å²) in [7, 11) is -3.47. The normalized spacial score (nSPS) is 17.1. The number of rotatable bonds is 4. The van der Waals surface area contributed by atoms with Crippen molar-refractivity contribution in [3.05, 3.63) is 53.8 Å². The number of benzene rings is 1. The van der Waals surface area contributed by atoms with Crippen LogP contribution < -0.4 is 5.32 Å². The smallest absolute Gasteiger partial charge is 0.340 e. The van der Waals surface area contributed by atoms with Gasteiger partial charge >= 0.3 is 5.97 Å². The number of esters is 1. The van der Waals surface area contributed by atoms with Gasteiger partial charge in [0.15, 0.2) is 6.61 Å². The highest BCUT2D eigenvalue weighted by molar-refractivity contribution is 7.90. The molecule has 1 aromatic carbocycles. The van der Waals surface area contributed by atoms with E-state index in [1.807, 2.05) is 6.07 Å². The zero-order valence-corrected chi connectivity index (χ0v) is 14.8. The lowest BCUT2D eigenvalue weighted by Crippen LogP contribution is -2.37. The molecule has 27 heavy (non-hydrogen) atoms. The van der Waals surface area contributed by atoms with Gasteiger partial charge in [-0.25, -0.2) is 13.2 Å².